The third-order valence-electron chi connectivity index (χ3n) is 5.29. The number of amides is 2. The predicted molar refractivity (Wildman–Crippen MR) is 105 cm³/mol. The van der Waals surface area contributed by atoms with Crippen molar-refractivity contribution in [2.75, 3.05) is 0 Å². The van der Waals surface area contributed by atoms with E-state index in [1.54, 1.807) is 6.08 Å². The average molecular weight is 363 g/mol. The predicted octanol–water partition coefficient (Wildman–Crippen LogP) is 3.30. The lowest BCUT2D eigenvalue weighted by atomic mass is 10.2. The molecule has 2 fully saturated rings. The highest BCUT2D eigenvalue weighted by Gasteiger charge is 2.30. The highest BCUT2D eigenvalue weighted by molar-refractivity contribution is 5.93. The molecule has 1 heterocycles. The lowest BCUT2D eigenvalue weighted by Gasteiger charge is -2.15. The lowest BCUT2D eigenvalue weighted by molar-refractivity contribution is -0.117. The molecule has 140 valence electrons. The van der Waals surface area contributed by atoms with Crippen molar-refractivity contribution in [2.24, 2.45) is 0 Å². The minimum Gasteiger partial charge on any atom is -0.350 e. The van der Waals surface area contributed by atoms with Crippen molar-refractivity contribution in [3.05, 3.63) is 66.0 Å². The molecule has 2 aliphatic rings. The molecule has 0 radical (unpaired) electrons. The molecule has 5 heteroatoms. The maximum Gasteiger partial charge on any atom is 0.268 e. The van der Waals surface area contributed by atoms with E-state index in [0.717, 1.165) is 43.4 Å². The van der Waals surface area contributed by atoms with Gasteiger partial charge >= 0.3 is 0 Å². The number of aromatic nitrogens is 1. The highest BCUT2D eigenvalue weighted by atomic mass is 16.2. The van der Waals surface area contributed by atoms with Gasteiger partial charge in [0.05, 0.1) is 0 Å². The zero-order valence-corrected chi connectivity index (χ0v) is 15.3. The Morgan fingerprint density at radius 3 is 2.41 bits per heavy atom. The Kier molecular flexibility index (Phi) is 5.10. The quantitative estimate of drug-likeness (QED) is 0.774. The number of nitrogens with zero attached hydrogens (tertiary/aromatic N) is 1. The standard InChI is InChI=1S/C22H25N3O2/c26-21(13-8-16-5-2-1-3-6-16)23-17-9-10-18(15-17)24-22(27)20-7-4-14-25(20)19-11-12-19/h1-8,13-14,17-19H,9-12,15H2,(H,23,26)(H,24,27)/t17-,18+/m1/s1. The Bertz CT molecular complexity index is 836. The number of hydrogen-bond donors (Lipinski definition) is 2. The van der Waals surface area contributed by atoms with E-state index in [2.05, 4.69) is 15.2 Å². The second-order valence-electron chi connectivity index (χ2n) is 7.46. The number of hydrogen-bond acceptors (Lipinski definition) is 2. The molecule has 0 saturated heterocycles. The molecule has 5 nitrogen and oxygen atoms in total. The summed E-state index contributed by atoms with van der Waals surface area (Å²) in [5.41, 5.74) is 1.75. The van der Waals surface area contributed by atoms with Crippen LogP contribution in [0.25, 0.3) is 6.08 Å². The molecular weight excluding hydrogens is 338 g/mol. The summed E-state index contributed by atoms with van der Waals surface area (Å²) in [5.74, 6) is -0.0914. The van der Waals surface area contributed by atoms with E-state index in [0.29, 0.717) is 6.04 Å². The van der Waals surface area contributed by atoms with Crippen LogP contribution in [0, 0.1) is 0 Å². The van der Waals surface area contributed by atoms with Gasteiger partial charge in [0, 0.05) is 30.4 Å². The number of carbonyl (C=O) groups is 2. The second kappa shape index (κ2) is 7.82. The number of rotatable bonds is 6. The summed E-state index contributed by atoms with van der Waals surface area (Å²) >= 11 is 0. The normalized spacial score (nSPS) is 22.1. The summed E-state index contributed by atoms with van der Waals surface area (Å²) in [6.45, 7) is 0. The van der Waals surface area contributed by atoms with E-state index in [4.69, 9.17) is 0 Å². The van der Waals surface area contributed by atoms with Crippen LogP contribution in [0.15, 0.2) is 54.7 Å². The summed E-state index contributed by atoms with van der Waals surface area (Å²) in [4.78, 5) is 24.7. The zero-order chi connectivity index (χ0) is 18.6. The number of nitrogens with one attached hydrogen (secondary N) is 2. The molecular formula is C22H25N3O2. The molecule has 4 rings (SSSR count). The first-order valence-electron chi connectivity index (χ1n) is 9.70. The topological polar surface area (TPSA) is 63.1 Å². The van der Waals surface area contributed by atoms with Crippen LogP contribution < -0.4 is 10.6 Å². The molecule has 2 aliphatic carbocycles. The van der Waals surface area contributed by atoms with Crippen molar-refractivity contribution in [1.82, 2.24) is 15.2 Å². The largest absolute Gasteiger partial charge is 0.350 e. The van der Waals surface area contributed by atoms with Gasteiger partial charge in [-0.3, -0.25) is 9.59 Å². The van der Waals surface area contributed by atoms with Crippen LogP contribution in [-0.4, -0.2) is 28.5 Å². The molecule has 0 bridgehead atoms. The molecule has 2 amide bonds. The Hall–Kier alpha value is -2.82. The molecule has 0 spiro atoms. The van der Waals surface area contributed by atoms with Gasteiger partial charge in [-0.05, 0) is 55.9 Å². The molecule has 2 aromatic rings. The van der Waals surface area contributed by atoms with Crippen LogP contribution in [-0.2, 0) is 4.79 Å². The van der Waals surface area contributed by atoms with Crippen LogP contribution >= 0.6 is 0 Å². The van der Waals surface area contributed by atoms with E-state index in [1.165, 1.54) is 0 Å². The van der Waals surface area contributed by atoms with Crippen molar-refractivity contribution >= 4 is 17.9 Å². The SMILES string of the molecule is O=C(C=Cc1ccccc1)N[C@@H]1CC[C@H](NC(=O)c2cccn2C2CC2)C1. The fraction of sp³-hybridized carbons (Fsp3) is 0.364. The van der Waals surface area contributed by atoms with Gasteiger partial charge in [0.15, 0.2) is 0 Å². The highest BCUT2D eigenvalue weighted by Crippen LogP contribution is 2.36. The van der Waals surface area contributed by atoms with Crippen molar-refractivity contribution in [3.63, 3.8) is 0 Å². The first kappa shape index (κ1) is 17.6. The summed E-state index contributed by atoms with van der Waals surface area (Å²) in [6, 6.07) is 14.3. The van der Waals surface area contributed by atoms with Crippen molar-refractivity contribution in [3.8, 4) is 0 Å². The van der Waals surface area contributed by atoms with Crippen molar-refractivity contribution in [2.45, 2.75) is 50.2 Å². The van der Waals surface area contributed by atoms with Crippen molar-refractivity contribution in [1.29, 1.82) is 0 Å². The molecule has 2 saturated carbocycles. The molecule has 2 N–H and O–H groups in total. The van der Waals surface area contributed by atoms with Crippen LogP contribution in [0.1, 0.15) is 54.2 Å². The molecule has 1 aromatic heterocycles. The maximum absolute atomic E-state index is 12.6. The molecule has 0 aliphatic heterocycles. The van der Waals surface area contributed by atoms with Gasteiger partial charge in [-0.2, -0.15) is 0 Å². The van der Waals surface area contributed by atoms with Crippen LogP contribution in [0.5, 0.6) is 0 Å². The Labute approximate surface area is 159 Å². The van der Waals surface area contributed by atoms with E-state index >= 15 is 0 Å². The maximum atomic E-state index is 12.6. The molecule has 0 unspecified atom stereocenters. The Balaban J connectivity index is 1.26. The van der Waals surface area contributed by atoms with Gasteiger partial charge in [-0.25, -0.2) is 0 Å². The van der Waals surface area contributed by atoms with Crippen molar-refractivity contribution < 1.29 is 9.59 Å². The van der Waals surface area contributed by atoms with E-state index in [-0.39, 0.29) is 23.9 Å². The second-order valence-corrected chi connectivity index (χ2v) is 7.46. The fourth-order valence-corrected chi connectivity index (χ4v) is 3.75. The fourth-order valence-electron chi connectivity index (χ4n) is 3.75. The third-order valence-corrected chi connectivity index (χ3v) is 5.29. The average Bonchev–Trinajstić information content (AvgIpc) is 3.23. The first-order valence-corrected chi connectivity index (χ1v) is 9.70. The van der Waals surface area contributed by atoms with E-state index in [1.807, 2.05) is 54.7 Å². The molecule has 27 heavy (non-hydrogen) atoms. The van der Waals surface area contributed by atoms with Gasteiger partial charge < -0.3 is 15.2 Å². The summed E-state index contributed by atoms with van der Waals surface area (Å²) in [6.07, 6.45) is 10.2. The molecule has 2 atom stereocenters. The Morgan fingerprint density at radius 2 is 1.67 bits per heavy atom. The third kappa shape index (κ3) is 4.48. The monoisotopic (exact) mass is 363 g/mol. The van der Waals surface area contributed by atoms with Gasteiger partial charge in [0.25, 0.3) is 5.91 Å². The Morgan fingerprint density at radius 1 is 0.926 bits per heavy atom. The summed E-state index contributed by atoms with van der Waals surface area (Å²) in [5, 5.41) is 6.18. The number of carbonyl (C=O) groups excluding carboxylic acids is 2. The molecule has 1 aromatic carbocycles. The van der Waals surface area contributed by atoms with Crippen LogP contribution in [0.4, 0.5) is 0 Å². The van der Waals surface area contributed by atoms with E-state index in [9.17, 15) is 9.59 Å². The smallest absolute Gasteiger partial charge is 0.268 e. The summed E-state index contributed by atoms with van der Waals surface area (Å²) < 4.78 is 2.08. The van der Waals surface area contributed by atoms with Gasteiger partial charge in [-0.15, -0.1) is 0 Å². The van der Waals surface area contributed by atoms with Gasteiger partial charge in [-0.1, -0.05) is 30.3 Å². The minimum atomic E-state index is -0.0848. The van der Waals surface area contributed by atoms with Gasteiger partial charge in [0.1, 0.15) is 5.69 Å². The van der Waals surface area contributed by atoms with Crippen LogP contribution in [0.2, 0.25) is 0 Å². The number of benzene rings is 1. The van der Waals surface area contributed by atoms with E-state index < -0.39 is 0 Å². The van der Waals surface area contributed by atoms with Gasteiger partial charge in [0.2, 0.25) is 5.91 Å². The lowest BCUT2D eigenvalue weighted by Crippen LogP contribution is -2.37. The summed E-state index contributed by atoms with van der Waals surface area (Å²) in [7, 11) is 0. The zero-order valence-electron chi connectivity index (χ0n) is 15.3. The van der Waals surface area contributed by atoms with Crippen LogP contribution in [0.3, 0.4) is 0 Å². The minimum absolute atomic E-state index is 0.00662. The first-order chi connectivity index (χ1) is 13.2.